The summed E-state index contributed by atoms with van der Waals surface area (Å²) in [6.07, 6.45) is -1.06. The third kappa shape index (κ3) is 2.76. The highest BCUT2D eigenvalue weighted by molar-refractivity contribution is 5.88. The number of rotatable bonds is 4. The number of fused-ring (bicyclic) bond motifs is 3. The molecule has 1 aromatic heterocycles. The maximum absolute atomic E-state index is 12.8. The molecule has 0 saturated heterocycles. The van der Waals surface area contributed by atoms with Crippen LogP contribution >= 0.6 is 0 Å². The van der Waals surface area contributed by atoms with Crippen molar-refractivity contribution in [3.05, 3.63) is 64.0 Å². The Morgan fingerprint density at radius 3 is 2.75 bits per heavy atom. The summed E-state index contributed by atoms with van der Waals surface area (Å²) in [5, 5.41) is 10.5. The van der Waals surface area contributed by atoms with Crippen LogP contribution in [0.2, 0.25) is 0 Å². The van der Waals surface area contributed by atoms with E-state index in [1.54, 1.807) is 43.3 Å². The highest BCUT2D eigenvalue weighted by Gasteiger charge is 2.45. The Morgan fingerprint density at radius 2 is 2.00 bits per heavy atom. The number of ether oxygens (including phenoxy) is 3. The summed E-state index contributed by atoms with van der Waals surface area (Å²) in [7, 11) is 1.42. The molecule has 144 valence electrons. The van der Waals surface area contributed by atoms with E-state index < -0.39 is 23.6 Å². The number of methoxy groups -OCH3 is 1. The quantitative estimate of drug-likeness (QED) is 0.547. The number of hydrogen-bond acceptors (Lipinski definition) is 7. The molecule has 7 heteroatoms. The summed E-state index contributed by atoms with van der Waals surface area (Å²) in [5.74, 6) is -0.868. The number of phenols is 1. The molecule has 3 aromatic rings. The maximum Gasteiger partial charge on any atom is 0.348 e. The first-order valence-electron chi connectivity index (χ1n) is 8.81. The molecule has 2 aromatic carbocycles. The van der Waals surface area contributed by atoms with Crippen LogP contribution in [0.15, 0.2) is 51.7 Å². The summed E-state index contributed by atoms with van der Waals surface area (Å²) in [4.78, 5) is 25.4. The van der Waals surface area contributed by atoms with Crippen molar-refractivity contribution in [2.75, 3.05) is 13.7 Å². The molecule has 0 amide bonds. The zero-order valence-electron chi connectivity index (χ0n) is 15.3. The van der Waals surface area contributed by atoms with Crippen molar-refractivity contribution in [3.63, 3.8) is 0 Å². The summed E-state index contributed by atoms with van der Waals surface area (Å²) >= 11 is 0. The van der Waals surface area contributed by atoms with Crippen molar-refractivity contribution in [2.45, 2.75) is 18.9 Å². The van der Waals surface area contributed by atoms with Crippen molar-refractivity contribution in [3.8, 4) is 17.2 Å². The fourth-order valence-electron chi connectivity index (χ4n) is 3.52. The van der Waals surface area contributed by atoms with Gasteiger partial charge in [-0.3, -0.25) is 0 Å². The minimum atomic E-state index is -1.06. The lowest BCUT2D eigenvalue weighted by atomic mass is 9.88. The largest absolute Gasteiger partial charge is 0.504 e. The SMILES string of the molecule is CCOC(=O)[C@@H]1Oc2c(c(=O)oc3ccccc23)[C@@H]1c1ccc(O)c(OC)c1. The van der Waals surface area contributed by atoms with E-state index in [0.29, 0.717) is 22.3 Å². The van der Waals surface area contributed by atoms with Crippen LogP contribution in [0.3, 0.4) is 0 Å². The number of carbonyl (C=O) groups excluding carboxylic acids is 1. The molecular formula is C21H18O7. The van der Waals surface area contributed by atoms with Gasteiger partial charge in [-0.25, -0.2) is 9.59 Å². The van der Waals surface area contributed by atoms with Crippen molar-refractivity contribution >= 4 is 16.9 Å². The topological polar surface area (TPSA) is 95.2 Å². The lowest BCUT2D eigenvalue weighted by Gasteiger charge is -2.18. The van der Waals surface area contributed by atoms with Crippen LogP contribution in [0.4, 0.5) is 0 Å². The zero-order valence-corrected chi connectivity index (χ0v) is 15.3. The molecule has 0 spiro atoms. The van der Waals surface area contributed by atoms with E-state index in [2.05, 4.69) is 0 Å². The molecule has 2 atom stereocenters. The molecule has 1 aliphatic heterocycles. The van der Waals surface area contributed by atoms with Gasteiger partial charge >= 0.3 is 11.6 Å². The highest BCUT2D eigenvalue weighted by atomic mass is 16.6. The number of hydrogen-bond donors (Lipinski definition) is 1. The molecule has 0 saturated carbocycles. The summed E-state index contributed by atoms with van der Waals surface area (Å²) in [5.41, 5.74) is 0.592. The van der Waals surface area contributed by atoms with E-state index in [9.17, 15) is 14.7 Å². The Balaban J connectivity index is 1.95. The minimum absolute atomic E-state index is 0.0522. The van der Waals surface area contributed by atoms with Crippen LogP contribution in [0.5, 0.6) is 17.2 Å². The van der Waals surface area contributed by atoms with E-state index in [0.717, 1.165) is 0 Å². The van der Waals surface area contributed by atoms with Gasteiger partial charge in [-0.1, -0.05) is 18.2 Å². The van der Waals surface area contributed by atoms with Gasteiger partial charge in [-0.05, 0) is 36.8 Å². The van der Waals surface area contributed by atoms with Gasteiger partial charge in [-0.2, -0.15) is 0 Å². The number of carbonyl (C=O) groups is 1. The smallest absolute Gasteiger partial charge is 0.348 e. The lowest BCUT2D eigenvalue weighted by molar-refractivity contribution is -0.151. The number of phenolic OH excluding ortho intramolecular Hbond substituents is 1. The molecule has 0 bridgehead atoms. The number of benzene rings is 2. The molecule has 1 aliphatic rings. The summed E-state index contributed by atoms with van der Waals surface area (Å²) in [6.45, 7) is 1.87. The average molecular weight is 382 g/mol. The van der Waals surface area contributed by atoms with Crippen molar-refractivity contribution in [1.82, 2.24) is 0 Å². The fourth-order valence-corrected chi connectivity index (χ4v) is 3.52. The van der Waals surface area contributed by atoms with Crippen molar-refractivity contribution in [1.29, 1.82) is 0 Å². The Kier molecular flexibility index (Phi) is 4.43. The fraction of sp³-hybridized carbons (Fsp3) is 0.238. The van der Waals surface area contributed by atoms with Crippen LogP contribution in [0, 0.1) is 0 Å². The molecule has 4 rings (SSSR count). The normalized spacial score (nSPS) is 17.8. The monoisotopic (exact) mass is 382 g/mol. The molecule has 0 aliphatic carbocycles. The molecular weight excluding hydrogens is 364 g/mol. The molecule has 0 radical (unpaired) electrons. The Labute approximate surface area is 160 Å². The van der Waals surface area contributed by atoms with Crippen LogP contribution < -0.4 is 15.1 Å². The number of para-hydroxylation sites is 1. The van der Waals surface area contributed by atoms with Crippen molar-refractivity contribution < 1.29 is 28.5 Å². The van der Waals surface area contributed by atoms with E-state index in [4.69, 9.17) is 18.6 Å². The van der Waals surface area contributed by atoms with Gasteiger partial charge in [0.25, 0.3) is 0 Å². The van der Waals surface area contributed by atoms with Crippen LogP contribution in [-0.4, -0.2) is 30.9 Å². The van der Waals surface area contributed by atoms with Crippen molar-refractivity contribution in [2.24, 2.45) is 0 Å². The zero-order chi connectivity index (χ0) is 19.8. The Bertz CT molecular complexity index is 1120. The Hall–Kier alpha value is -3.48. The second-order valence-corrected chi connectivity index (χ2v) is 6.33. The lowest BCUT2D eigenvalue weighted by Crippen LogP contribution is -2.32. The third-order valence-corrected chi connectivity index (χ3v) is 4.74. The first-order valence-corrected chi connectivity index (χ1v) is 8.81. The van der Waals surface area contributed by atoms with E-state index in [1.807, 2.05) is 0 Å². The first-order chi connectivity index (χ1) is 13.5. The summed E-state index contributed by atoms with van der Waals surface area (Å²) < 4.78 is 21.7. The first kappa shape index (κ1) is 17.9. The molecule has 28 heavy (non-hydrogen) atoms. The third-order valence-electron chi connectivity index (χ3n) is 4.74. The van der Waals surface area contributed by atoms with Crippen LogP contribution in [0.25, 0.3) is 11.0 Å². The second kappa shape index (κ2) is 6.92. The molecule has 0 unspecified atom stereocenters. The van der Waals surface area contributed by atoms with Gasteiger partial charge in [0.1, 0.15) is 11.3 Å². The van der Waals surface area contributed by atoms with Crippen LogP contribution in [0.1, 0.15) is 24.0 Å². The predicted octanol–water partition coefficient (Wildman–Crippen LogP) is 2.96. The van der Waals surface area contributed by atoms with Gasteiger partial charge in [0.15, 0.2) is 11.5 Å². The second-order valence-electron chi connectivity index (χ2n) is 6.33. The van der Waals surface area contributed by atoms with Gasteiger partial charge in [0, 0.05) is 0 Å². The van der Waals surface area contributed by atoms with Gasteiger partial charge in [0.2, 0.25) is 6.10 Å². The molecule has 0 fully saturated rings. The van der Waals surface area contributed by atoms with Gasteiger partial charge < -0.3 is 23.7 Å². The average Bonchev–Trinajstić information content (AvgIpc) is 3.10. The number of esters is 1. The Morgan fingerprint density at radius 1 is 1.21 bits per heavy atom. The number of aromatic hydroxyl groups is 1. The van der Waals surface area contributed by atoms with Crippen LogP contribution in [-0.2, 0) is 9.53 Å². The molecule has 7 nitrogen and oxygen atoms in total. The highest BCUT2D eigenvalue weighted by Crippen LogP contribution is 2.45. The standard InChI is InChI=1S/C21H18O7/c1-3-26-21(24)19-16(11-8-9-13(22)15(10-11)25-2)17-18(28-19)12-6-4-5-7-14(12)27-20(17)23/h4-10,16,19,22H,3H2,1-2H3/t16-,19+/m0/s1. The maximum atomic E-state index is 12.8. The van der Waals surface area contributed by atoms with E-state index in [1.165, 1.54) is 13.2 Å². The molecule has 2 heterocycles. The minimum Gasteiger partial charge on any atom is -0.504 e. The van der Waals surface area contributed by atoms with Gasteiger partial charge in [-0.15, -0.1) is 0 Å². The van der Waals surface area contributed by atoms with E-state index >= 15 is 0 Å². The van der Waals surface area contributed by atoms with Gasteiger partial charge in [0.05, 0.1) is 30.6 Å². The van der Waals surface area contributed by atoms with E-state index in [-0.39, 0.29) is 23.7 Å². The predicted molar refractivity (Wildman–Crippen MR) is 100 cm³/mol. The molecule has 1 N–H and O–H groups in total. The summed E-state index contributed by atoms with van der Waals surface area (Å²) in [6, 6.07) is 11.6.